The Morgan fingerprint density at radius 2 is 2.26 bits per heavy atom. The molecular formula is C12H14N4O3. The maximum Gasteiger partial charge on any atom is 0.273 e. The zero-order chi connectivity index (χ0) is 14.0. The van der Waals surface area contributed by atoms with Gasteiger partial charge in [-0.25, -0.2) is 4.98 Å². The molecule has 2 N–H and O–H groups in total. The second-order valence-electron chi connectivity index (χ2n) is 4.09. The Morgan fingerprint density at radius 3 is 2.84 bits per heavy atom. The molecule has 7 heteroatoms. The summed E-state index contributed by atoms with van der Waals surface area (Å²) >= 11 is 0. The summed E-state index contributed by atoms with van der Waals surface area (Å²) in [7, 11) is 1.46. The Balaban J connectivity index is 2.56. The zero-order valence-corrected chi connectivity index (χ0v) is 10.6. The lowest BCUT2D eigenvalue weighted by molar-refractivity contribution is -0.384. The highest BCUT2D eigenvalue weighted by atomic mass is 16.6. The van der Waals surface area contributed by atoms with Gasteiger partial charge in [-0.15, -0.1) is 0 Å². The van der Waals surface area contributed by atoms with Crippen LogP contribution in [0.25, 0.3) is 5.69 Å². The van der Waals surface area contributed by atoms with E-state index in [4.69, 9.17) is 10.5 Å². The summed E-state index contributed by atoms with van der Waals surface area (Å²) in [4.78, 5) is 14.3. The molecule has 2 aromatic rings. The van der Waals surface area contributed by atoms with Gasteiger partial charge in [-0.3, -0.25) is 14.7 Å². The van der Waals surface area contributed by atoms with Crippen LogP contribution in [0.5, 0.6) is 5.75 Å². The normalized spacial score (nSPS) is 12.2. The first-order chi connectivity index (χ1) is 9.04. The van der Waals surface area contributed by atoms with E-state index in [0.29, 0.717) is 11.4 Å². The van der Waals surface area contributed by atoms with E-state index in [1.165, 1.54) is 19.2 Å². The molecule has 2 rings (SSSR count). The number of rotatable bonds is 4. The topological polar surface area (TPSA) is 96.2 Å². The third kappa shape index (κ3) is 2.41. The number of methoxy groups -OCH3 is 1. The molecule has 0 aliphatic heterocycles. The average Bonchev–Trinajstić information content (AvgIpc) is 2.87. The van der Waals surface area contributed by atoms with Gasteiger partial charge in [0.1, 0.15) is 5.75 Å². The number of hydrogen-bond donors (Lipinski definition) is 1. The number of nitro groups is 1. The number of ether oxygens (including phenoxy) is 1. The Kier molecular flexibility index (Phi) is 3.48. The monoisotopic (exact) mass is 262 g/mol. The van der Waals surface area contributed by atoms with Crippen LogP contribution in [0.2, 0.25) is 0 Å². The van der Waals surface area contributed by atoms with Crippen LogP contribution in [0.3, 0.4) is 0 Å². The molecule has 0 aliphatic carbocycles. The van der Waals surface area contributed by atoms with Gasteiger partial charge in [-0.1, -0.05) is 0 Å². The van der Waals surface area contributed by atoms with Gasteiger partial charge in [-0.2, -0.15) is 0 Å². The summed E-state index contributed by atoms with van der Waals surface area (Å²) in [5, 5.41) is 10.8. The van der Waals surface area contributed by atoms with Gasteiger partial charge in [0.15, 0.2) is 0 Å². The second kappa shape index (κ2) is 5.07. The van der Waals surface area contributed by atoms with E-state index >= 15 is 0 Å². The van der Waals surface area contributed by atoms with Crippen LogP contribution < -0.4 is 10.5 Å². The van der Waals surface area contributed by atoms with Crippen molar-refractivity contribution >= 4 is 5.69 Å². The molecule has 0 amide bonds. The molecule has 100 valence electrons. The van der Waals surface area contributed by atoms with Gasteiger partial charge >= 0.3 is 0 Å². The molecule has 1 atom stereocenters. The molecule has 0 radical (unpaired) electrons. The van der Waals surface area contributed by atoms with Crippen LogP contribution in [-0.4, -0.2) is 21.6 Å². The van der Waals surface area contributed by atoms with E-state index in [1.54, 1.807) is 23.2 Å². The number of benzene rings is 1. The van der Waals surface area contributed by atoms with Crippen molar-refractivity contribution in [2.45, 2.75) is 13.0 Å². The Morgan fingerprint density at radius 1 is 1.53 bits per heavy atom. The second-order valence-corrected chi connectivity index (χ2v) is 4.09. The van der Waals surface area contributed by atoms with Crippen LogP contribution >= 0.6 is 0 Å². The van der Waals surface area contributed by atoms with Crippen molar-refractivity contribution in [2.75, 3.05) is 7.11 Å². The maximum absolute atomic E-state index is 10.8. The standard InChI is InChI=1S/C12H14N4O3/c1-8(13)11-6-14-7-15(11)10-4-3-9(16(17)18)5-12(10)19-2/h3-8H,13H2,1-2H3/t8-/m0/s1. The lowest BCUT2D eigenvalue weighted by Gasteiger charge is -2.13. The van der Waals surface area contributed by atoms with Crippen molar-refractivity contribution in [2.24, 2.45) is 5.73 Å². The minimum atomic E-state index is -0.466. The number of non-ortho nitro benzene ring substituents is 1. The molecule has 19 heavy (non-hydrogen) atoms. The molecule has 0 spiro atoms. The molecule has 0 bridgehead atoms. The van der Waals surface area contributed by atoms with Gasteiger partial charge in [0.25, 0.3) is 5.69 Å². The van der Waals surface area contributed by atoms with Crippen LogP contribution in [0.1, 0.15) is 18.7 Å². The highest BCUT2D eigenvalue weighted by molar-refractivity contribution is 5.54. The predicted octanol–water partition coefficient (Wildman–Crippen LogP) is 1.81. The molecule has 1 aromatic heterocycles. The summed E-state index contributed by atoms with van der Waals surface area (Å²) in [6.45, 7) is 1.84. The van der Waals surface area contributed by atoms with E-state index in [-0.39, 0.29) is 11.7 Å². The van der Waals surface area contributed by atoms with E-state index in [2.05, 4.69) is 4.98 Å². The van der Waals surface area contributed by atoms with Gasteiger partial charge < -0.3 is 10.5 Å². The summed E-state index contributed by atoms with van der Waals surface area (Å²) in [6.07, 6.45) is 3.26. The van der Waals surface area contributed by atoms with Crippen molar-refractivity contribution in [1.29, 1.82) is 0 Å². The Hall–Kier alpha value is -2.41. The molecule has 0 saturated carbocycles. The Bertz CT molecular complexity index is 607. The first-order valence-corrected chi connectivity index (χ1v) is 5.65. The first kappa shape index (κ1) is 13.0. The lowest BCUT2D eigenvalue weighted by atomic mass is 10.2. The first-order valence-electron chi connectivity index (χ1n) is 5.65. The third-order valence-electron chi connectivity index (χ3n) is 2.77. The van der Waals surface area contributed by atoms with Crippen molar-refractivity contribution < 1.29 is 9.66 Å². The van der Waals surface area contributed by atoms with Gasteiger partial charge in [0, 0.05) is 12.1 Å². The van der Waals surface area contributed by atoms with Crippen molar-refractivity contribution in [3.8, 4) is 11.4 Å². The van der Waals surface area contributed by atoms with Crippen molar-refractivity contribution in [1.82, 2.24) is 9.55 Å². The quantitative estimate of drug-likeness (QED) is 0.669. The van der Waals surface area contributed by atoms with Crippen LogP contribution in [-0.2, 0) is 0 Å². The number of nitrogens with zero attached hydrogens (tertiary/aromatic N) is 3. The SMILES string of the molecule is COc1cc([N+](=O)[O-])ccc1-n1cncc1[C@H](C)N. The number of aromatic nitrogens is 2. The molecule has 0 aliphatic rings. The minimum absolute atomic E-state index is 0.0249. The predicted molar refractivity (Wildman–Crippen MR) is 69.4 cm³/mol. The summed E-state index contributed by atoms with van der Waals surface area (Å²) in [5.74, 6) is 0.397. The van der Waals surface area contributed by atoms with E-state index in [9.17, 15) is 10.1 Å². The molecule has 0 saturated heterocycles. The van der Waals surface area contributed by atoms with E-state index in [1.807, 2.05) is 6.92 Å². The number of imidazole rings is 1. The highest BCUT2D eigenvalue weighted by Gasteiger charge is 2.15. The fourth-order valence-corrected chi connectivity index (χ4v) is 1.82. The Labute approximate surface area is 109 Å². The largest absolute Gasteiger partial charge is 0.494 e. The summed E-state index contributed by atoms with van der Waals surface area (Å²) < 4.78 is 6.96. The van der Waals surface area contributed by atoms with Gasteiger partial charge in [-0.05, 0) is 13.0 Å². The van der Waals surface area contributed by atoms with Crippen LogP contribution in [0.15, 0.2) is 30.7 Å². The molecule has 0 unspecified atom stereocenters. The van der Waals surface area contributed by atoms with Crippen LogP contribution in [0.4, 0.5) is 5.69 Å². The smallest absolute Gasteiger partial charge is 0.273 e. The van der Waals surface area contributed by atoms with E-state index in [0.717, 1.165) is 5.69 Å². The average molecular weight is 262 g/mol. The number of hydrogen-bond acceptors (Lipinski definition) is 5. The molecule has 1 heterocycles. The van der Waals surface area contributed by atoms with Gasteiger partial charge in [0.2, 0.25) is 0 Å². The highest BCUT2D eigenvalue weighted by Crippen LogP contribution is 2.29. The zero-order valence-electron chi connectivity index (χ0n) is 10.6. The van der Waals surface area contributed by atoms with Crippen molar-refractivity contribution in [3.05, 3.63) is 46.5 Å². The van der Waals surface area contributed by atoms with Crippen LogP contribution in [0, 0.1) is 10.1 Å². The van der Waals surface area contributed by atoms with Gasteiger partial charge in [0.05, 0.1) is 42.0 Å². The molecular weight excluding hydrogens is 248 g/mol. The lowest BCUT2D eigenvalue weighted by Crippen LogP contribution is -2.11. The minimum Gasteiger partial charge on any atom is -0.494 e. The van der Waals surface area contributed by atoms with Crippen molar-refractivity contribution in [3.63, 3.8) is 0 Å². The fourth-order valence-electron chi connectivity index (χ4n) is 1.82. The fraction of sp³-hybridized carbons (Fsp3) is 0.250. The summed E-state index contributed by atoms with van der Waals surface area (Å²) in [5.41, 5.74) is 7.29. The molecule has 1 aromatic carbocycles. The number of nitrogens with two attached hydrogens (primary N) is 1. The summed E-state index contributed by atoms with van der Waals surface area (Å²) in [6, 6.07) is 4.20. The molecule has 7 nitrogen and oxygen atoms in total. The van der Waals surface area contributed by atoms with E-state index < -0.39 is 4.92 Å². The maximum atomic E-state index is 10.8. The molecule has 0 fully saturated rings. The third-order valence-corrected chi connectivity index (χ3v) is 2.77. The number of nitro benzene ring substituents is 1.